The summed E-state index contributed by atoms with van der Waals surface area (Å²) in [6.07, 6.45) is -4.41. The number of aromatic nitrogens is 1. The van der Waals surface area contributed by atoms with Crippen LogP contribution in [0.25, 0.3) is 10.9 Å². The number of nitrogens with zero attached hydrogens (tertiary/aromatic N) is 1. The molecule has 0 saturated heterocycles. The highest BCUT2D eigenvalue weighted by atomic mass is 19.4. The Morgan fingerprint density at radius 2 is 1.95 bits per heavy atom. The normalized spacial score (nSPS) is 14.0. The summed E-state index contributed by atoms with van der Waals surface area (Å²) in [6.45, 7) is 4.12. The van der Waals surface area contributed by atoms with Crippen molar-refractivity contribution in [3.63, 3.8) is 0 Å². The number of aliphatic hydroxyl groups excluding tert-OH is 1. The number of benzene rings is 1. The molecule has 0 fully saturated rings. The molecule has 0 aliphatic carbocycles. The molecule has 1 aromatic carbocycles. The molecule has 19 heavy (non-hydrogen) atoms. The molecule has 0 spiro atoms. The van der Waals surface area contributed by atoms with Gasteiger partial charge in [-0.05, 0) is 37.4 Å². The number of aryl methyl sites for hydroxylation is 1. The number of halogens is 3. The van der Waals surface area contributed by atoms with Gasteiger partial charge in [-0.25, -0.2) is 0 Å². The maximum atomic E-state index is 12.7. The van der Waals surface area contributed by atoms with Crippen LogP contribution in [0.3, 0.4) is 0 Å². The van der Waals surface area contributed by atoms with Crippen LogP contribution in [0.4, 0.5) is 13.2 Å². The number of alkyl halides is 3. The second-order valence-corrected chi connectivity index (χ2v) is 4.70. The summed E-state index contributed by atoms with van der Waals surface area (Å²) < 4.78 is 40.0. The molecule has 1 heterocycles. The van der Waals surface area contributed by atoms with E-state index in [2.05, 4.69) is 0 Å². The van der Waals surface area contributed by atoms with Crippen molar-refractivity contribution in [1.29, 1.82) is 0 Å². The standard InChI is InChI=1S/C14H16F3NO/c1-3-18-12(6-9(2)19)7-10-4-5-11(8-13(10)18)14(15,16)17/h4-5,7-9,19H,3,6H2,1-2H3. The van der Waals surface area contributed by atoms with Crippen molar-refractivity contribution in [2.45, 2.75) is 39.1 Å². The molecule has 5 heteroatoms. The Morgan fingerprint density at radius 1 is 1.26 bits per heavy atom. The maximum absolute atomic E-state index is 12.7. The molecular weight excluding hydrogens is 255 g/mol. The highest BCUT2D eigenvalue weighted by molar-refractivity contribution is 5.82. The Balaban J connectivity index is 2.58. The van der Waals surface area contributed by atoms with Crippen molar-refractivity contribution in [1.82, 2.24) is 4.57 Å². The van der Waals surface area contributed by atoms with Crippen molar-refractivity contribution < 1.29 is 18.3 Å². The van der Waals surface area contributed by atoms with Crippen LogP contribution in [0, 0.1) is 0 Å². The first-order valence-corrected chi connectivity index (χ1v) is 6.20. The van der Waals surface area contributed by atoms with Gasteiger partial charge in [0.15, 0.2) is 0 Å². The molecule has 104 valence electrons. The number of hydrogen-bond acceptors (Lipinski definition) is 1. The molecule has 0 aliphatic heterocycles. The number of hydrogen-bond donors (Lipinski definition) is 1. The minimum absolute atomic E-state index is 0.434. The molecule has 2 aromatic rings. The summed E-state index contributed by atoms with van der Waals surface area (Å²) >= 11 is 0. The second-order valence-electron chi connectivity index (χ2n) is 4.70. The van der Waals surface area contributed by atoms with Gasteiger partial charge in [-0.15, -0.1) is 0 Å². The van der Waals surface area contributed by atoms with Crippen LogP contribution < -0.4 is 0 Å². The first kappa shape index (κ1) is 13.9. The van der Waals surface area contributed by atoms with Crippen LogP contribution in [-0.2, 0) is 19.1 Å². The molecule has 2 rings (SSSR count). The third kappa shape index (κ3) is 2.76. The van der Waals surface area contributed by atoms with E-state index >= 15 is 0 Å². The van der Waals surface area contributed by atoms with E-state index in [-0.39, 0.29) is 0 Å². The topological polar surface area (TPSA) is 25.2 Å². The van der Waals surface area contributed by atoms with Crippen LogP contribution in [-0.4, -0.2) is 15.8 Å². The van der Waals surface area contributed by atoms with Crippen LogP contribution in [0.2, 0.25) is 0 Å². The molecule has 0 saturated carbocycles. The van der Waals surface area contributed by atoms with Crippen LogP contribution in [0.1, 0.15) is 25.1 Å². The second kappa shape index (κ2) is 4.89. The summed E-state index contributed by atoms with van der Waals surface area (Å²) in [4.78, 5) is 0. The van der Waals surface area contributed by atoms with Gasteiger partial charge in [-0.3, -0.25) is 0 Å². The molecule has 1 N–H and O–H groups in total. The summed E-state index contributed by atoms with van der Waals surface area (Å²) in [5, 5.41) is 10.2. The minimum atomic E-state index is -4.33. The van der Waals surface area contributed by atoms with Crippen molar-refractivity contribution in [3.8, 4) is 0 Å². The van der Waals surface area contributed by atoms with Crippen molar-refractivity contribution >= 4 is 10.9 Å². The fourth-order valence-electron chi connectivity index (χ4n) is 2.33. The Morgan fingerprint density at radius 3 is 2.47 bits per heavy atom. The van der Waals surface area contributed by atoms with E-state index in [0.29, 0.717) is 18.5 Å². The number of aliphatic hydroxyl groups is 1. The predicted octanol–water partition coefficient (Wildman–Crippen LogP) is 3.60. The van der Waals surface area contributed by atoms with E-state index in [9.17, 15) is 18.3 Å². The Hall–Kier alpha value is -1.49. The average molecular weight is 271 g/mol. The highest BCUT2D eigenvalue weighted by Gasteiger charge is 2.30. The lowest BCUT2D eigenvalue weighted by molar-refractivity contribution is -0.137. The Bertz CT molecular complexity index is 584. The molecule has 0 aliphatic rings. The fraction of sp³-hybridized carbons (Fsp3) is 0.429. The van der Waals surface area contributed by atoms with Gasteiger partial charge in [0.1, 0.15) is 0 Å². The zero-order chi connectivity index (χ0) is 14.2. The molecule has 1 aromatic heterocycles. The van der Waals surface area contributed by atoms with E-state index in [1.54, 1.807) is 6.92 Å². The van der Waals surface area contributed by atoms with E-state index < -0.39 is 17.8 Å². The molecule has 1 unspecified atom stereocenters. The monoisotopic (exact) mass is 271 g/mol. The fourth-order valence-corrected chi connectivity index (χ4v) is 2.33. The van der Waals surface area contributed by atoms with Crippen molar-refractivity contribution in [2.75, 3.05) is 0 Å². The van der Waals surface area contributed by atoms with Crippen molar-refractivity contribution in [2.24, 2.45) is 0 Å². The maximum Gasteiger partial charge on any atom is 0.416 e. The molecule has 0 radical (unpaired) electrons. The Labute approximate surface area is 109 Å². The molecule has 2 nitrogen and oxygen atoms in total. The summed E-state index contributed by atoms with van der Waals surface area (Å²) in [7, 11) is 0. The Kier molecular flexibility index (Phi) is 3.58. The van der Waals surface area contributed by atoms with E-state index in [4.69, 9.17) is 0 Å². The summed E-state index contributed by atoms with van der Waals surface area (Å²) in [5.41, 5.74) is 0.774. The van der Waals surface area contributed by atoms with Gasteiger partial charge in [0.2, 0.25) is 0 Å². The largest absolute Gasteiger partial charge is 0.416 e. The summed E-state index contributed by atoms with van der Waals surface area (Å²) in [6, 6.07) is 5.58. The lowest BCUT2D eigenvalue weighted by atomic mass is 10.1. The van der Waals surface area contributed by atoms with Crippen LogP contribution in [0.15, 0.2) is 24.3 Å². The minimum Gasteiger partial charge on any atom is -0.393 e. The third-order valence-electron chi connectivity index (χ3n) is 3.14. The third-order valence-corrected chi connectivity index (χ3v) is 3.14. The first-order valence-electron chi connectivity index (χ1n) is 6.20. The van der Waals surface area contributed by atoms with Gasteiger partial charge in [0, 0.05) is 24.2 Å². The molecule has 0 amide bonds. The zero-order valence-corrected chi connectivity index (χ0v) is 10.8. The van der Waals surface area contributed by atoms with Gasteiger partial charge in [0.25, 0.3) is 0 Å². The van der Waals surface area contributed by atoms with E-state index in [1.807, 2.05) is 17.6 Å². The SMILES string of the molecule is CCn1c(CC(C)O)cc2ccc(C(F)(F)F)cc21. The molecule has 0 bridgehead atoms. The predicted molar refractivity (Wildman–Crippen MR) is 68.0 cm³/mol. The van der Waals surface area contributed by atoms with Gasteiger partial charge >= 0.3 is 6.18 Å². The summed E-state index contributed by atoms with van der Waals surface area (Å²) in [5.74, 6) is 0. The van der Waals surface area contributed by atoms with E-state index in [1.165, 1.54) is 12.1 Å². The highest BCUT2D eigenvalue weighted by Crippen LogP contribution is 2.32. The zero-order valence-electron chi connectivity index (χ0n) is 10.8. The van der Waals surface area contributed by atoms with Gasteiger partial charge in [-0.2, -0.15) is 13.2 Å². The smallest absolute Gasteiger partial charge is 0.393 e. The van der Waals surface area contributed by atoms with Crippen molar-refractivity contribution in [3.05, 3.63) is 35.5 Å². The first-order chi connectivity index (χ1) is 8.82. The molecular formula is C14H16F3NO. The number of rotatable bonds is 3. The number of fused-ring (bicyclic) bond motifs is 1. The van der Waals surface area contributed by atoms with Crippen LogP contribution in [0.5, 0.6) is 0 Å². The van der Waals surface area contributed by atoms with Gasteiger partial charge in [0.05, 0.1) is 11.7 Å². The molecule has 1 atom stereocenters. The lowest BCUT2D eigenvalue weighted by Gasteiger charge is -2.11. The van der Waals surface area contributed by atoms with Crippen LogP contribution >= 0.6 is 0 Å². The lowest BCUT2D eigenvalue weighted by Crippen LogP contribution is -2.10. The van der Waals surface area contributed by atoms with Gasteiger partial charge in [-0.1, -0.05) is 6.07 Å². The van der Waals surface area contributed by atoms with E-state index in [0.717, 1.165) is 17.1 Å². The average Bonchev–Trinajstić information content (AvgIpc) is 2.62. The quantitative estimate of drug-likeness (QED) is 0.906. The van der Waals surface area contributed by atoms with Gasteiger partial charge < -0.3 is 9.67 Å².